The van der Waals surface area contributed by atoms with Gasteiger partial charge in [0.2, 0.25) is 0 Å². The fourth-order valence-corrected chi connectivity index (χ4v) is 10.6. The molecule has 0 unspecified atom stereocenters. The molecular formula is C26H19NO2SSeSi. The molecule has 0 saturated heterocycles. The second-order valence-electron chi connectivity index (χ2n) is 8.59. The Labute approximate surface area is 197 Å². The first kappa shape index (κ1) is 19.9. The molecule has 32 heavy (non-hydrogen) atoms. The summed E-state index contributed by atoms with van der Waals surface area (Å²) in [6, 6.07) is 21.7. The van der Waals surface area contributed by atoms with Crippen LogP contribution < -0.4 is 15.3 Å². The minimum absolute atomic E-state index is 0.00790. The Morgan fingerprint density at radius 1 is 0.812 bits per heavy atom. The van der Waals surface area contributed by atoms with Gasteiger partial charge in [0, 0.05) is 0 Å². The molecule has 6 rings (SSSR count). The normalized spacial score (nSPS) is 16.1. The van der Waals surface area contributed by atoms with Gasteiger partial charge in [-0.2, -0.15) is 0 Å². The van der Waals surface area contributed by atoms with Crippen molar-refractivity contribution in [1.82, 2.24) is 0 Å². The van der Waals surface area contributed by atoms with Gasteiger partial charge in [-0.05, 0) is 0 Å². The van der Waals surface area contributed by atoms with Crippen LogP contribution in [-0.2, 0) is 0 Å². The fraction of sp³-hybridized carbons (Fsp3) is 0.0769. The topological polar surface area (TPSA) is 37.4 Å². The molecule has 1 aliphatic carbocycles. The first-order valence-electron chi connectivity index (χ1n) is 10.4. The molecule has 3 heterocycles. The van der Waals surface area contributed by atoms with Crippen LogP contribution in [-0.4, -0.2) is 34.1 Å². The van der Waals surface area contributed by atoms with Gasteiger partial charge >= 0.3 is 198 Å². The molecule has 0 radical (unpaired) electrons. The van der Waals surface area contributed by atoms with Gasteiger partial charge in [-0.15, -0.1) is 0 Å². The number of carbonyl (C=O) groups is 2. The van der Waals surface area contributed by atoms with Gasteiger partial charge in [0.05, 0.1) is 0 Å². The Morgan fingerprint density at radius 2 is 1.38 bits per heavy atom. The number of allylic oxidation sites excluding steroid dienone is 1. The zero-order valence-corrected chi connectivity index (χ0v) is 21.1. The predicted octanol–water partition coefficient (Wildman–Crippen LogP) is 4.87. The molecule has 0 fully saturated rings. The number of rotatable bonds is 2. The van der Waals surface area contributed by atoms with Crippen molar-refractivity contribution in [1.29, 1.82) is 0 Å². The number of Topliss-reactive ketones (excluding diaryl/α,β-unsaturated/α-hetero) is 2. The van der Waals surface area contributed by atoms with Gasteiger partial charge in [0.25, 0.3) is 0 Å². The van der Waals surface area contributed by atoms with Crippen LogP contribution in [0.4, 0.5) is 15.9 Å². The summed E-state index contributed by atoms with van der Waals surface area (Å²) in [5.41, 5.74) is 3.92. The van der Waals surface area contributed by atoms with E-state index in [0.29, 0.717) is 16.7 Å². The zero-order chi connectivity index (χ0) is 22.0. The van der Waals surface area contributed by atoms with Crippen molar-refractivity contribution in [3.05, 3.63) is 92.6 Å². The van der Waals surface area contributed by atoms with Gasteiger partial charge < -0.3 is 0 Å². The van der Waals surface area contributed by atoms with E-state index >= 15 is 0 Å². The number of hydrogen-bond acceptors (Lipinski definition) is 4. The number of para-hydroxylation sites is 2. The number of carbonyl (C=O) groups excluding carboxylic acids is 2. The average molecular weight is 517 g/mol. The van der Waals surface area contributed by atoms with Crippen molar-refractivity contribution in [3.8, 4) is 0 Å². The van der Waals surface area contributed by atoms with Gasteiger partial charge in [-0.1, -0.05) is 0 Å². The number of ketones is 2. The van der Waals surface area contributed by atoms with Crippen LogP contribution in [0, 0.1) is 0 Å². The van der Waals surface area contributed by atoms with Gasteiger partial charge in [-0.3, -0.25) is 0 Å². The standard InChI is InChI=1S/C26H19NO2SSeSi/c1-32(2)22-9-5-3-7-20(22)27(21-8-4-6-10-23(21)32)24-12-11-16(31-24)13-17-25(28)18-14-30-15-19(18)26(17)29/h3-15H,1-2H3. The third-order valence-electron chi connectivity index (χ3n) is 6.40. The molecule has 2 aromatic heterocycles. The van der Waals surface area contributed by atoms with E-state index in [9.17, 15) is 9.59 Å². The van der Waals surface area contributed by atoms with Crippen LogP contribution in [0.2, 0.25) is 13.1 Å². The van der Waals surface area contributed by atoms with E-state index < -0.39 is 8.07 Å². The number of fused-ring (bicyclic) bond motifs is 3. The van der Waals surface area contributed by atoms with Gasteiger partial charge in [0.15, 0.2) is 0 Å². The molecule has 1 aliphatic heterocycles. The Hall–Kier alpha value is -2.76. The Kier molecular flexibility index (Phi) is 4.43. The SMILES string of the molecule is C[Si]1(C)c2ccccc2N(c2ccc(C=C3C(=O)c4cscc4C3=O)[se]2)c2ccccc21. The van der Waals surface area contributed by atoms with Crippen LogP contribution in [0.15, 0.2) is 77.0 Å². The van der Waals surface area contributed by atoms with Crippen molar-refractivity contribution in [3.63, 3.8) is 0 Å². The maximum absolute atomic E-state index is 12.7. The second-order valence-corrected chi connectivity index (χ2v) is 16.0. The summed E-state index contributed by atoms with van der Waals surface area (Å²) in [6.45, 7) is 4.83. The minimum atomic E-state index is -1.80. The third kappa shape index (κ3) is 2.77. The predicted molar refractivity (Wildman–Crippen MR) is 136 cm³/mol. The fourth-order valence-electron chi connectivity index (χ4n) is 4.76. The Morgan fingerprint density at radius 3 is 1.97 bits per heavy atom. The van der Waals surface area contributed by atoms with Crippen LogP contribution in [0.25, 0.3) is 6.08 Å². The molecule has 0 bridgehead atoms. The number of hydrogen-bond donors (Lipinski definition) is 0. The molecule has 156 valence electrons. The number of thiophene rings is 1. The first-order chi connectivity index (χ1) is 15.5. The summed E-state index contributed by atoms with van der Waals surface area (Å²) in [7, 11) is -1.80. The van der Waals surface area contributed by atoms with Crippen molar-refractivity contribution >= 4 is 77.9 Å². The summed E-state index contributed by atoms with van der Waals surface area (Å²) in [5.74, 6) is -0.282. The molecule has 0 amide bonds. The molecule has 2 aliphatic rings. The van der Waals surface area contributed by atoms with Crippen LogP contribution in [0.5, 0.6) is 0 Å². The summed E-state index contributed by atoms with van der Waals surface area (Å²) >= 11 is 1.40. The van der Waals surface area contributed by atoms with Crippen molar-refractivity contribution in [2.75, 3.05) is 4.90 Å². The Balaban J connectivity index is 1.46. The third-order valence-corrected chi connectivity index (χ3v) is 12.8. The van der Waals surface area contributed by atoms with Crippen molar-refractivity contribution in [2.24, 2.45) is 0 Å². The van der Waals surface area contributed by atoms with E-state index in [2.05, 4.69) is 78.7 Å². The molecule has 4 aromatic rings. The van der Waals surface area contributed by atoms with Crippen LogP contribution >= 0.6 is 11.3 Å². The van der Waals surface area contributed by atoms with E-state index in [4.69, 9.17) is 0 Å². The van der Waals surface area contributed by atoms with E-state index in [1.54, 1.807) is 10.8 Å². The summed E-state index contributed by atoms with van der Waals surface area (Å²) in [6.07, 6.45) is 1.82. The Bertz CT molecular complexity index is 1380. The molecule has 0 spiro atoms. The number of benzene rings is 2. The van der Waals surface area contributed by atoms with Crippen molar-refractivity contribution < 1.29 is 9.59 Å². The molecule has 0 N–H and O–H groups in total. The van der Waals surface area contributed by atoms with E-state index in [1.807, 2.05) is 6.08 Å². The molecule has 0 saturated carbocycles. The summed E-state index contributed by atoms with van der Waals surface area (Å²) < 4.78 is 2.27. The molecule has 2 aromatic carbocycles. The molecule has 3 nitrogen and oxygen atoms in total. The van der Waals surface area contributed by atoms with Crippen LogP contribution in [0.1, 0.15) is 25.2 Å². The number of anilines is 3. The van der Waals surface area contributed by atoms with Gasteiger partial charge in [0.1, 0.15) is 0 Å². The maximum atomic E-state index is 12.7. The van der Waals surface area contributed by atoms with Crippen LogP contribution in [0.3, 0.4) is 0 Å². The van der Waals surface area contributed by atoms with E-state index in [1.165, 1.54) is 37.6 Å². The monoisotopic (exact) mass is 517 g/mol. The molecule has 0 atom stereocenters. The average Bonchev–Trinajstić information content (AvgIpc) is 3.51. The van der Waals surface area contributed by atoms with Gasteiger partial charge in [-0.25, -0.2) is 0 Å². The summed E-state index contributed by atoms with van der Waals surface area (Å²) in [4.78, 5) is 27.8. The second kappa shape index (κ2) is 7.12. The quantitative estimate of drug-likeness (QED) is 0.217. The number of nitrogens with zero attached hydrogens (tertiary/aromatic N) is 1. The zero-order valence-electron chi connectivity index (χ0n) is 17.6. The first-order valence-corrected chi connectivity index (χ1v) is 16.1. The van der Waals surface area contributed by atoms with E-state index in [-0.39, 0.29) is 26.1 Å². The molecule has 6 heteroatoms. The van der Waals surface area contributed by atoms with Crippen molar-refractivity contribution in [2.45, 2.75) is 13.1 Å². The molecular weight excluding hydrogens is 497 g/mol. The van der Waals surface area contributed by atoms with E-state index in [0.717, 1.165) is 4.44 Å². The summed E-state index contributed by atoms with van der Waals surface area (Å²) in [5, 5.41) is 6.43.